The first kappa shape index (κ1) is 24.8. The van der Waals surface area contributed by atoms with E-state index in [1.807, 2.05) is 74.4 Å². The average Bonchev–Trinajstić information content (AvgIpc) is 2.81. The summed E-state index contributed by atoms with van der Waals surface area (Å²) in [6.45, 7) is 10.1. The van der Waals surface area contributed by atoms with E-state index in [0.717, 1.165) is 53.1 Å². The van der Waals surface area contributed by atoms with Gasteiger partial charge >= 0.3 is 0 Å². The van der Waals surface area contributed by atoms with Crippen LogP contribution in [0.15, 0.2) is 71.6 Å². The van der Waals surface area contributed by atoms with Gasteiger partial charge in [0.15, 0.2) is 9.84 Å². The predicted octanol–water partition coefficient (Wildman–Crippen LogP) is 6.03. The molecule has 0 aliphatic heterocycles. The first-order valence-electron chi connectivity index (χ1n) is 11.7. The third kappa shape index (κ3) is 5.25. The summed E-state index contributed by atoms with van der Waals surface area (Å²) in [6.07, 6.45) is 0.758. The van der Waals surface area contributed by atoms with Crippen LogP contribution < -0.4 is 9.80 Å². The average molecular weight is 465 g/mol. The SMILES string of the molecule is CCc1cc(N(C)C)ccc1C(c1ccc(N(CC)CC)cc1)S(=O)(=O)c1ccc(C)cc1. The number of hydrogen-bond donors (Lipinski definition) is 0. The highest BCUT2D eigenvalue weighted by Gasteiger charge is 2.32. The number of rotatable bonds is 9. The fourth-order valence-electron chi connectivity index (χ4n) is 4.27. The lowest BCUT2D eigenvalue weighted by atomic mass is 9.96. The highest BCUT2D eigenvalue weighted by Crippen LogP contribution is 2.38. The van der Waals surface area contributed by atoms with Gasteiger partial charge in [-0.1, -0.05) is 42.8 Å². The van der Waals surface area contributed by atoms with Gasteiger partial charge in [0.25, 0.3) is 0 Å². The molecule has 3 aromatic carbocycles. The summed E-state index contributed by atoms with van der Waals surface area (Å²) in [4.78, 5) is 4.66. The van der Waals surface area contributed by atoms with Crippen molar-refractivity contribution in [2.75, 3.05) is 37.0 Å². The second-order valence-corrected chi connectivity index (χ2v) is 10.7. The van der Waals surface area contributed by atoms with E-state index in [-0.39, 0.29) is 0 Å². The number of sulfone groups is 1. The van der Waals surface area contributed by atoms with E-state index in [1.54, 1.807) is 12.1 Å². The minimum Gasteiger partial charge on any atom is -0.378 e. The Morgan fingerprint density at radius 1 is 0.788 bits per heavy atom. The standard InChI is InChI=1S/C28H36N2O2S/c1-7-22-20-25(29(5)6)16-19-27(22)28(33(31,32)26-17-10-21(4)11-18-26)23-12-14-24(15-13-23)30(8-2)9-3/h10-20,28H,7-9H2,1-6H3. The third-order valence-electron chi connectivity index (χ3n) is 6.29. The molecule has 4 nitrogen and oxygen atoms in total. The van der Waals surface area contributed by atoms with Crippen molar-refractivity contribution in [1.29, 1.82) is 0 Å². The normalized spacial score (nSPS) is 12.4. The highest BCUT2D eigenvalue weighted by atomic mass is 32.2. The Morgan fingerprint density at radius 2 is 1.36 bits per heavy atom. The molecule has 3 rings (SSSR count). The Labute approximate surface area is 199 Å². The van der Waals surface area contributed by atoms with Crippen molar-refractivity contribution in [3.63, 3.8) is 0 Å². The lowest BCUT2D eigenvalue weighted by Crippen LogP contribution is -2.22. The Balaban J connectivity index is 2.20. The van der Waals surface area contributed by atoms with Gasteiger partial charge in [0.2, 0.25) is 0 Å². The summed E-state index contributed by atoms with van der Waals surface area (Å²) in [5, 5.41) is -0.767. The van der Waals surface area contributed by atoms with E-state index in [0.29, 0.717) is 4.90 Å². The van der Waals surface area contributed by atoms with Gasteiger partial charge in [-0.2, -0.15) is 0 Å². The van der Waals surface area contributed by atoms with Crippen LogP contribution in [-0.4, -0.2) is 35.6 Å². The summed E-state index contributed by atoms with van der Waals surface area (Å²) >= 11 is 0. The molecular formula is C28H36N2O2S. The molecule has 0 bridgehead atoms. The summed E-state index contributed by atoms with van der Waals surface area (Å²) in [5.41, 5.74) is 5.90. The lowest BCUT2D eigenvalue weighted by molar-refractivity contribution is 0.588. The van der Waals surface area contributed by atoms with E-state index < -0.39 is 15.1 Å². The molecule has 0 saturated heterocycles. The van der Waals surface area contributed by atoms with Gasteiger partial charge in [-0.25, -0.2) is 8.42 Å². The van der Waals surface area contributed by atoms with Crippen LogP contribution in [-0.2, 0) is 16.3 Å². The molecule has 1 atom stereocenters. The fraction of sp³-hybridized carbons (Fsp3) is 0.357. The minimum atomic E-state index is -3.66. The van der Waals surface area contributed by atoms with E-state index in [1.165, 1.54) is 0 Å². The number of anilines is 2. The zero-order chi connectivity index (χ0) is 24.2. The van der Waals surface area contributed by atoms with Crippen LogP contribution >= 0.6 is 0 Å². The van der Waals surface area contributed by atoms with E-state index in [4.69, 9.17) is 0 Å². The number of nitrogens with zero attached hydrogens (tertiary/aromatic N) is 2. The molecule has 0 fully saturated rings. The van der Waals surface area contributed by atoms with Crippen molar-refractivity contribution in [2.24, 2.45) is 0 Å². The van der Waals surface area contributed by atoms with E-state index in [9.17, 15) is 8.42 Å². The van der Waals surface area contributed by atoms with Crippen molar-refractivity contribution >= 4 is 21.2 Å². The topological polar surface area (TPSA) is 40.6 Å². The molecule has 176 valence electrons. The third-order valence-corrected chi connectivity index (χ3v) is 8.37. The lowest BCUT2D eigenvalue weighted by Gasteiger charge is -2.25. The smallest absolute Gasteiger partial charge is 0.189 e. The molecular weight excluding hydrogens is 428 g/mol. The second-order valence-electron chi connectivity index (χ2n) is 8.63. The maximum absolute atomic E-state index is 14.0. The number of hydrogen-bond acceptors (Lipinski definition) is 4. The van der Waals surface area contributed by atoms with Crippen molar-refractivity contribution in [3.8, 4) is 0 Å². The molecule has 0 aliphatic carbocycles. The molecule has 0 aromatic heterocycles. The van der Waals surface area contributed by atoms with Crippen LogP contribution in [0.2, 0.25) is 0 Å². The monoisotopic (exact) mass is 464 g/mol. The van der Waals surface area contributed by atoms with Crippen LogP contribution in [0, 0.1) is 6.92 Å². The van der Waals surface area contributed by atoms with Crippen LogP contribution in [0.25, 0.3) is 0 Å². The Hall–Kier alpha value is -2.79. The van der Waals surface area contributed by atoms with Crippen LogP contribution in [0.1, 0.15) is 48.3 Å². The summed E-state index contributed by atoms with van der Waals surface area (Å²) in [6, 6.07) is 21.3. The van der Waals surface area contributed by atoms with Crippen molar-refractivity contribution in [3.05, 3.63) is 89.0 Å². The first-order valence-corrected chi connectivity index (χ1v) is 13.2. The Bertz CT molecular complexity index is 1160. The van der Waals surface area contributed by atoms with Gasteiger partial charge in [-0.15, -0.1) is 0 Å². The highest BCUT2D eigenvalue weighted by molar-refractivity contribution is 7.92. The number of benzene rings is 3. The van der Waals surface area contributed by atoms with Crippen LogP contribution in [0.5, 0.6) is 0 Å². The molecule has 0 aliphatic rings. The molecule has 0 saturated carbocycles. The molecule has 33 heavy (non-hydrogen) atoms. The van der Waals surface area contributed by atoms with Gasteiger partial charge in [-0.05, 0) is 80.3 Å². The fourth-order valence-corrected chi connectivity index (χ4v) is 6.14. The van der Waals surface area contributed by atoms with E-state index >= 15 is 0 Å². The minimum absolute atomic E-state index is 0.352. The van der Waals surface area contributed by atoms with Gasteiger partial charge in [0.05, 0.1) is 4.90 Å². The zero-order valence-electron chi connectivity index (χ0n) is 20.7. The first-order chi connectivity index (χ1) is 15.7. The maximum atomic E-state index is 14.0. The quantitative estimate of drug-likeness (QED) is 0.387. The molecule has 1 unspecified atom stereocenters. The second kappa shape index (κ2) is 10.4. The molecule has 0 N–H and O–H groups in total. The van der Waals surface area contributed by atoms with E-state index in [2.05, 4.69) is 31.7 Å². The summed E-state index contributed by atoms with van der Waals surface area (Å²) in [7, 11) is 0.341. The van der Waals surface area contributed by atoms with Gasteiger partial charge in [0.1, 0.15) is 5.25 Å². The summed E-state index contributed by atoms with van der Waals surface area (Å²) < 4.78 is 28.1. The van der Waals surface area contributed by atoms with Gasteiger partial charge < -0.3 is 9.80 Å². The molecule has 0 heterocycles. The summed E-state index contributed by atoms with van der Waals surface area (Å²) in [5.74, 6) is 0. The predicted molar refractivity (Wildman–Crippen MR) is 140 cm³/mol. The number of aryl methyl sites for hydroxylation is 2. The van der Waals surface area contributed by atoms with Crippen molar-refractivity contribution < 1.29 is 8.42 Å². The van der Waals surface area contributed by atoms with Crippen molar-refractivity contribution in [1.82, 2.24) is 0 Å². The van der Waals surface area contributed by atoms with Gasteiger partial charge in [0, 0.05) is 38.6 Å². The molecule has 3 aromatic rings. The largest absolute Gasteiger partial charge is 0.378 e. The molecule has 5 heteroatoms. The van der Waals surface area contributed by atoms with Crippen LogP contribution in [0.4, 0.5) is 11.4 Å². The van der Waals surface area contributed by atoms with Crippen LogP contribution in [0.3, 0.4) is 0 Å². The molecule has 0 radical (unpaired) electrons. The zero-order valence-corrected chi connectivity index (χ0v) is 21.5. The Morgan fingerprint density at radius 3 is 1.88 bits per heavy atom. The maximum Gasteiger partial charge on any atom is 0.189 e. The Kier molecular flexibility index (Phi) is 7.85. The molecule has 0 spiro atoms. The van der Waals surface area contributed by atoms with Gasteiger partial charge in [-0.3, -0.25) is 0 Å². The van der Waals surface area contributed by atoms with Crippen molar-refractivity contribution in [2.45, 2.75) is 44.3 Å². The molecule has 0 amide bonds.